The van der Waals surface area contributed by atoms with Gasteiger partial charge in [-0.25, -0.2) is 9.59 Å². The number of rotatable bonds is 7. The first-order valence-electron chi connectivity index (χ1n) is 9.97. The van der Waals surface area contributed by atoms with Gasteiger partial charge in [0, 0.05) is 16.5 Å². The number of fused-ring (bicyclic) bond motifs is 3. The first kappa shape index (κ1) is 20.9. The second-order valence-corrected chi connectivity index (χ2v) is 8.05. The van der Waals surface area contributed by atoms with Crippen LogP contribution < -0.4 is 15.7 Å². The van der Waals surface area contributed by atoms with Gasteiger partial charge in [-0.1, -0.05) is 13.8 Å². The molecule has 0 radical (unpaired) electrons. The molecule has 1 heterocycles. The highest BCUT2D eigenvalue weighted by Gasteiger charge is 2.26. The van der Waals surface area contributed by atoms with Crippen molar-refractivity contribution < 1.29 is 23.8 Å². The molecule has 0 saturated carbocycles. The zero-order valence-corrected chi connectivity index (χ0v) is 17.2. The molecule has 1 amide bonds. The smallest absolute Gasteiger partial charge is 0.339 e. The number of carboxylic acids is 1. The van der Waals surface area contributed by atoms with Gasteiger partial charge in [0.05, 0.1) is 0 Å². The van der Waals surface area contributed by atoms with Gasteiger partial charge in [-0.05, 0) is 63.1 Å². The lowest BCUT2D eigenvalue weighted by molar-refractivity contribution is -0.143. The Morgan fingerprint density at radius 2 is 1.90 bits per heavy atom. The van der Waals surface area contributed by atoms with Crippen LogP contribution in [0.2, 0.25) is 0 Å². The molecule has 7 heteroatoms. The van der Waals surface area contributed by atoms with Crippen molar-refractivity contribution in [2.24, 2.45) is 5.92 Å². The van der Waals surface area contributed by atoms with Crippen molar-refractivity contribution in [3.8, 4) is 5.75 Å². The molecule has 2 atom stereocenters. The monoisotopic (exact) mass is 401 g/mol. The third kappa shape index (κ3) is 4.28. The second kappa shape index (κ2) is 8.27. The highest BCUT2D eigenvalue weighted by molar-refractivity contribution is 5.88. The van der Waals surface area contributed by atoms with Crippen LogP contribution in [0.3, 0.4) is 0 Å². The number of aryl methyl sites for hydroxylation is 2. The first-order valence-corrected chi connectivity index (χ1v) is 9.97. The maximum absolute atomic E-state index is 12.5. The maximum atomic E-state index is 12.5. The summed E-state index contributed by atoms with van der Waals surface area (Å²) in [6.45, 7) is 7.13. The third-order valence-electron chi connectivity index (χ3n) is 5.33. The lowest BCUT2D eigenvalue weighted by atomic mass is 10.0. The molecule has 2 unspecified atom stereocenters. The number of carbonyl (C=O) groups is 2. The van der Waals surface area contributed by atoms with Gasteiger partial charge in [0.15, 0.2) is 6.10 Å². The molecule has 0 bridgehead atoms. The van der Waals surface area contributed by atoms with E-state index in [9.17, 15) is 19.5 Å². The van der Waals surface area contributed by atoms with Gasteiger partial charge in [-0.3, -0.25) is 4.79 Å². The maximum Gasteiger partial charge on any atom is 0.339 e. The van der Waals surface area contributed by atoms with Crippen LogP contribution in [0, 0.1) is 12.8 Å². The Morgan fingerprint density at radius 3 is 2.55 bits per heavy atom. The molecule has 0 saturated heterocycles. The van der Waals surface area contributed by atoms with Crippen LogP contribution in [0.15, 0.2) is 21.3 Å². The predicted octanol–water partition coefficient (Wildman–Crippen LogP) is 2.97. The average molecular weight is 401 g/mol. The van der Waals surface area contributed by atoms with Crippen molar-refractivity contribution in [2.45, 2.75) is 65.5 Å². The number of nitrogens with one attached hydrogen (secondary N) is 1. The number of carbonyl (C=O) groups excluding carboxylic acids is 1. The third-order valence-corrected chi connectivity index (χ3v) is 5.33. The molecule has 29 heavy (non-hydrogen) atoms. The molecule has 3 rings (SSSR count). The SMILES string of the molecule is Cc1c(OC(C)C(=O)NC(CC(C)C)C(=O)O)ccc2c3c(c(=O)oc12)CCC3. The quantitative estimate of drug-likeness (QED) is 0.691. The van der Waals surface area contributed by atoms with E-state index in [4.69, 9.17) is 9.15 Å². The zero-order valence-electron chi connectivity index (χ0n) is 17.2. The molecular weight excluding hydrogens is 374 g/mol. The van der Waals surface area contributed by atoms with Crippen LogP contribution in [0.25, 0.3) is 11.0 Å². The molecule has 1 aliphatic carbocycles. The van der Waals surface area contributed by atoms with Crippen LogP contribution in [-0.2, 0) is 22.4 Å². The largest absolute Gasteiger partial charge is 0.480 e. The van der Waals surface area contributed by atoms with Gasteiger partial charge in [0.1, 0.15) is 17.4 Å². The van der Waals surface area contributed by atoms with E-state index < -0.39 is 24.0 Å². The van der Waals surface area contributed by atoms with E-state index in [0.29, 0.717) is 23.3 Å². The van der Waals surface area contributed by atoms with Crippen LogP contribution in [-0.4, -0.2) is 29.1 Å². The summed E-state index contributed by atoms with van der Waals surface area (Å²) in [5, 5.41) is 12.7. The molecule has 1 aliphatic rings. The number of ether oxygens (including phenoxy) is 1. The fourth-order valence-electron chi connectivity index (χ4n) is 3.82. The van der Waals surface area contributed by atoms with E-state index in [2.05, 4.69) is 5.32 Å². The van der Waals surface area contributed by atoms with E-state index in [-0.39, 0.29) is 11.5 Å². The minimum absolute atomic E-state index is 0.125. The van der Waals surface area contributed by atoms with Crippen molar-refractivity contribution in [1.82, 2.24) is 5.32 Å². The van der Waals surface area contributed by atoms with Gasteiger partial charge in [-0.2, -0.15) is 0 Å². The number of carboxylic acid groups (broad SMARTS) is 1. The number of aliphatic carboxylic acids is 1. The van der Waals surface area contributed by atoms with Crippen LogP contribution in [0.5, 0.6) is 5.75 Å². The Kier molecular flexibility index (Phi) is 5.96. The summed E-state index contributed by atoms with van der Waals surface area (Å²) in [7, 11) is 0. The van der Waals surface area contributed by atoms with Crippen molar-refractivity contribution in [3.63, 3.8) is 0 Å². The molecule has 0 aliphatic heterocycles. The lowest BCUT2D eigenvalue weighted by Crippen LogP contribution is -2.46. The van der Waals surface area contributed by atoms with Crippen LogP contribution in [0.1, 0.15) is 50.3 Å². The molecule has 156 valence electrons. The summed E-state index contributed by atoms with van der Waals surface area (Å²) >= 11 is 0. The number of hydrogen-bond donors (Lipinski definition) is 2. The molecule has 0 fully saturated rings. The Bertz CT molecular complexity index is 1010. The molecular formula is C22H27NO6. The summed E-state index contributed by atoms with van der Waals surface area (Å²) in [4.78, 5) is 36.1. The molecule has 1 aromatic carbocycles. The topological polar surface area (TPSA) is 106 Å². The summed E-state index contributed by atoms with van der Waals surface area (Å²) in [6.07, 6.45) is 1.96. The molecule has 2 aromatic rings. The van der Waals surface area contributed by atoms with E-state index in [1.165, 1.54) is 0 Å². The first-order chi connectivity index (χ1) is 13.7. The Balaban J connectivity index is 1.81. The van der Waals surface area contributed by atoms with Gasteiger partial charge in [0.2, 0.25) is 0 Å². The highest BCUT2D eigenvalue weighted by Crippen LogP contribution is 2.33. The van der Waals surface area contributed by atoms with E-state index in [1.54, 1.807) is 19.9 Å². The number of hydrogen-bond acceptors (Lipinski definition) is 5. The summed E-state index contributed by atoms with van der Waals surface area (Å²) in [6, 6.07) is 2.66. The van der Waals surface area contributed by atoms with Crippen LogP contribution >= 0.6 is 0 Å². The van der Waals surface area contributed by atoms with Gasteiger partial charge in [-0.15, -0.1) is 0 Å². The number of benzene rings is 1. The predicted molar refractivity (Wildman–Crippen MR) is 108 cm³/mol. The van der Waals surface area contributed by atoms with Gasteiger partial charge in [0.25, 0.3) is 5.91 Å². The molecule has 7 nitrogen and oxygen atoms in total. The van der Waals surface area contributed by atoms with Crippen molar-refractivity contribution >= 4 is 22.8 Å². The fraction of sp³-hybridized carbons (Fsp3) is 0.500. The van der Waals surface area contributed by atoms with E-state index in [1.807, 2.05) is 19.9 Å². The Hall–Kier alpha value is -2.83. The fourth-order valence-corrected chi connectivity index (χ4v) is 3.82. The highest BCUT2D eigenvalue weighted by atomic mass is 16.5. The molecule has 0 spiro atoms. The Labute approximate surface area is 169 Å². The van der Waals surface area contributed by atoms with Crippen LogP contribution in [0.4, 0.5) is 0 Å². The molecule has 1 aromatic heterocycles. The van der Waals surface area contributed by atoms with Gasteiger partial charge < -0.3 is 19.6 Å². The summed E-state index contributed by atoms with van der Waals surface area (Å²) in [5.41, 5.74) is 2.60. The molecule has 2 N–H and O–H groups in total. The normalized spacial score (nSPS) is 15.2. The van der Waals surface area contributed by atoms with Crippen molar-refractivity contribution in [2.75, 3.05) is 0 Å². The minimum Gasteiger partial charge on any atom is -0.480 e. The summed E-state index contributed by atoms with van der Waals surface area (Å²) < 4.78 is 11.3. The zero-order chi connectivity index (χ0) is 21.3. The van der Waals surface area contributed by atoms with Gasteiger partial charge >= 0.3 is 11.6 Å². The lowest BCUT2D eigenvalue weighted by Gasteiger charge is -2.21. The van der Waals surface area contributed by atoms with E-state index >= 15 is 0 Å². The van der Waals surface area contributed by atoms with Crippen molar-refractivity contribution in [3.05, 3.63) is 39.2 Å². The number of amides is 1. The van der Waals surface area contributed by atoms with E-state index in [0.717, 1.165) is 35.8 Å². The average Bonchev–Trinajstić information content (AvgIpc) is 3.14. The second-order valence-electron chi connectivity index (χ2n) is 8.05. The standard InChI is InChI=1S/C22H27NO6/c1-11(2)10-17(21(25)26)23-20(24)13(4)28-18-9-8-15-14-6-5-7-16(14)22(27)29-19(15)12(18)3/h8-9,11,13,17H,5-7,10H2,1-4H3,(H,23,24)(H,25,26). The van der Waals surface area contributed by atoms with Crippen molar-refractivity contribution in [1.29, 1.82) is 0 Å². The summed E-state index contributed by atoms with van der Waals surface area (Å²) in [5.74, 6) is -1.03. The Morgan fingerprint density at radius 1 is 1.21 bits per heavy atom. The minimum atomic E-state index is -1.07.